The number of pyridine rings is 2. The van der Waals surface area contributed by atoms with E-state index in [4.69, 9.17) is 16.3 Å². The molecular weight excluding hydrogens is 262 g/mol. The molecule has 0 amide bonds. The van der Waals surface area contributed by atoms with Crippen LogP contribution in [0, 0.1) is 6.92 Å². The molecule has 0 fully saturated rings. The number of halogens is 1. The van der Waals surface area contributed by atoms with Gasteiger partial charge in [0, 0.05) is 24.8 Å². The van der Waals surface area contributed by atoms with Crippen molar-refractivity contribution in [1.82, 2.24) is 15.3 Å². The van der Waals surface area contributed by atoms with Gasteiger partial charge in [0.2, 0.25) is 5.88 Å². The minimum absolute atomic E-state index is 0.146. The summed E-state index contributed by atoms with van der Waals surface area (Å²) in [5, 5.41) is 3.78. The highest BCUT2D eigenvalue weighted by molar-refractivity contribution is 6.29. The van der Waals surface area contributed by atoms with Gasteiger partial charge in [-0.2, -0.15) is 0 Å². The molecule has 1 atom stereocenters. The minimum Gasteiger partial charge on any atom is -0.466 e. The second-order valence-electron chi connectivity index (χ2n) is 4.59. The van der Waals surface area contributed by atoms with Gasteiger partial charge in [-0.05, 0) is 36.8 Å². The number of ether oxygens (including phenoxy) is 1. The molecule has 0 spiro atoms. The molecule has 1 unspecified atom stereocenters. The molecule has 1 N–H and O–H groups in total. The predicted molar refractivity (Wildman–Crippen MR) is 73.3 cm³/mol. The van der Waals surface area contributed by atoms with E-state index in [1.165, 1.54) is 0 Å². The van der Waals surface area contributed by atoms with Crippen molar-refractivity contribution in [2.75, 3.05) is 6.54 Å². The van der Waals surface area contributed by atoms with Crippen LogP contribution >= 0.6 is 11.6 Å². The number of aryl methyl sites for hydroxylation is 1. The van der Waals surface area contributed by atoms with E-state index < -0.39 is 0 Å². The fourth-order valence-electron chi connectivity index (χ4n) is 2.10. The van der Waals surface area contributed by atoms with E-state index in [9.17, 15) is 0 Å². The Balaban J connectivity index is 1.93. The van der Waals surface area contributed by atoms with Crippen LogP contribution in [0.2, 0.25) is 5.15 Å². The summed E-state index contributed by atoms with van der Waals surface area (Å²) >= 11 is 5.92. The molecule has 5 heteroatoms. The van der Waals surface area contributed by atoms with Crippen molar-refractivity contribution in [3.05, 3.63) is 52.4 Å². The van der Waals surface area contributed by atoms with Crippen LogP contribution < -0.4 is 10.1 Å². The molecule has 3 heterocycles. The minimum atomic E-state index is -0.146. The van der Waals surface area contributed by atoms with Gasteiger partial charge >= 0.3 is 0 Å². The van der Waals surface area contributed by atoms with Crippen LogP contribution in [-0.4, -0.2) is 16.5 Å². The molecule has 0 aromatic carbocycles. The molecule has 3 rings (SSSR count). The second-order valence-corrected chi connectivity index (χ2v) is 4.98. The fourth-order valence-corrected chi connectivity index (χ4v) is 2.24. The first-order chi connectivity index (χ1) is 9.22. The molecule has 0 radical (unpaired) electrons. The summed E-state index contributed by atoms with van der Waals surface area (Å²) in [5.41, 5.74) is 3.08. The molecule has 19 heavy (non-hydrogen) atoms. The molecule has 1 aliphatic rings. The summed E-state index contributed by atoms with van der Waals surface area (Å²) in [6, 6.07) is 7.71. The molecule has 0 saturated carbocycles. The highest BCUT2D eigenvalue weighted by Crippen LogP contribution is 2.27. The number of nitrogens with one attached hydrogen (secondary N) is 1. The number of hydrogen-bond donors (Lipinski definition) is 1. The largest absolute Gasteiger partial charge is 0.466 e. The monoisotopic (exact) mass is 275 g/mol. The third-order valence-electron chi connectivity index (χ3n) is 3.07. The van der Waals surface area contributed by atoms with Gasteiger partial charge in [0.1, 0.15) is 5.15 Å². The Bertz CT molecular complexity index is 603. The van der Waals surface area contributed by atoms with Gasteiger partial charge in [-0.25, -0.2) is 4.98 Å². The number of fused-ring (bicyclic) bond motifs is 1. The van der Waals surface area contributed by atoms with Gasteiger partial charge in [0.05, 0.1) is 5.69 Å². The van der Waals surface area contributed by atoms with E-state index in [-0.39, 0.29) is 6.10 Å². The van der Waals surface area contributed by atoms with Crippen LogP contribution in [0.25, 0.3) is 0 Å². The van der Waals surface area contributed by atoms with Gasteiger partial charge in [0.15, 0.2) is 6.10 Å². The third-order valence-corrected chi connectivity index (χ3v) is 3.28. The molecule has 0 saturated heterocycles. The summed E-state index contributed by atoms with van der Waals surface area (Å²) in [6.07, 6.45) is 1.65. The molecule has 98 valence electrons. The van der Waals surface area contributed by atoms with Crippen LogP contribution in [0.3, 0.4) is 0 Å². The maximum absolute atomic E-state index is 5.96. The van der Waals surface area contributed by atoms with Crippen molar-refractivity contribution < 1.29 is 4.74 Å². The van der Waals surface area contributed by atoms with E-state index in [2.05, 4.69) is 15.3 Å². The Morgan fingerprint density at radius 3 is 3.11 bits per heavy atom. The average Bonchev–Trinajstić information content (AvgIpc) is 2.60. The number of aromatic nitrogens is 2. The lowest BCUT2D eigenvalue weighted by molar-refractivity contribution is 0.197. The number of nitrogens with zero attached hydrogens (tertiary/aromatic N) is 2. The van der Waals surface area contributed by atoms with Gasteiger partial charge < -0.3 is 10.1 Å². The number of rotatable bonds is 1. The Hall–Kier alpha value is -1.65. The van der Waals surface area contributed by atoms with Gasteiger partial charge in [-0.3, -0.25) is 4.98 Å². The predicted octanol–water partition coefficient (Wildman–Crippen LogP) is 2.66. The Morgan fingerprint density at radius 1 is 1.37 bits per heavy atom. The highest BCUT2D eigenvalue weighted by atomic mass is 35.5. The first-order valence-corrected chi connectivity index (χ1v) is 6.55. The van der Waals surface area contributed by atoms with Crippen LogP contribution in [-0.2, 0) is 6.54 Å². The maximum Gasteiger partial charge on any atom is 0.220 e. The zero-order valence-corrected chi connectivity index (χ0v) is 11.3. The molecule has 2 aromatic heterocycles. The maximum atomic E-state index is 5.96. The lowest BCUT2D eigenvalue weighted by Crippen LogP contribution is -2.22. The van der Waals surface area contributed by atoms with Gasteiger partial charge in [-0.1, -0.05) is 11.6 Å². The van der Waals surface area contributed by atoms with Crippen LogP contribution in [0.1, 0.15) is 22.9 Å². The lowest BCUT2D eigenvalue weighted by Gasteiger charge is -2.16. The lowest BCUT2D eigenvalue weighted by atomic mass is 10.2. The zero-order valence-electron chi connectivity index (χ0n) is 10.6. The SMILES string of the molecule is Cc1ccnc(C2CNCc3ccc(Cl)nc3O2)c1. The highest BCUT2D eigenvalue weighted by Gasteiger charge is 2.21. The molecule has 0 bridgehead atoms. The van der Waals surface area contributed by atoms with Crippen molar-refractivity contribution in [2.45, 2.75) is 19.6 Å². The second kappa shape index (κ2) is 5.15. The summed E-state index contributed by atoms with van der Waals surface area (Å²) in [5.74, 6) is 0.589. The van der Waals surface area contributed by atoms with Crippen molar-refractivity contribution >= 4 is 11.6 Å². The molecule has 0 aliphatic carbocycles. The van der Waals surface area contributed by atoms with Crippen LogP contribution in [0.4, 0.5) is 0 Å². The summed E-state index contributed by atoms with van der Waals surface area (Å²) in [6.45, 7) is 3.46. The van der Waals surface area contributed by atoms with Crippen LogP contribution in [0.5, 0.6) is 5.88 Å². The van der Waals surface area contributed by atoms with Gasteiger partial charge in [0.25, 0.3) is 0 Å². The topological polar surface area (TPSA) is 47.0 Å². The Labute approximate surface area is 116 Å². The van der Waals surface area contributed by atoms with Crippen LogP contribution in [0.15, 0.2) is 30.5 Å². The first kappa shape index (κ1) is 12.4. The van der Waals surface area contributed by atoms with Crippen molar-refractivity contribution in [1.29, 1.82) is 0 Å². The van der Waals surface area contributed by atoms with Crippen molar-refractivity contribution in [3.63, 3.8) is 0 Å². The number of hydrogen-bond acceptors (Lipinski definition) is 4. The Kier molecular flexibility index (Phi) is 3.36. The molecule has 4 nitrogen and oxygen atoms in total. The van der Waals surface area contributed by atoms with E-state index >= 15 is 0 Å². The molecule has 2 aromatic rings. The standard InChI is InChI=1S/C14H14ClN3O/c1-9-4-5-17-11(6-9)12-8-16-7-10-2-3-13(15)18-14(10)19-12/h2-6,12,16H,7-8H2,1H3. The van der Waals surface area contributed by atoms with Crippen molar-refractivity contribution in [2.24, 2.45) is 0 Å². The third kappa shape index (κ3) is 2.69. The fraction of sp³-hybridized carbons (Fsp3) is 0.286. The quantitative estimate of drug-likeness (QED) is 0.813. The summed E-state index contributed by atoms with van der Waals surface area (Å²) < 4.78 is 5.96. The van der Waals surface area contributed by atoms with E-state index in [0.29, 0.717) is 17.6 Å². The van der Waals surface area contributed by atoms with E-state index in [0.717, 1.165) is 23.4 Å². The van der Waals surface area contributed by atoms with E-state index in [1.807, 2.05) is 25.1 Å². The van der Waals surface area contributed by atoms with E-state index in [1.54, 1.807) is 12.3 Å². The first-order valence-electron chi connectivity index (χ1n) is 6.18. The Morgan fingerprint density at radius 2 is 2.26 bits per heavy atom. The normalized spacial score (nSPS) is 18.3. The zero-order chi connectivity index (χ0) is 13.2. The smallest absolute Gasteiger partial charge is 0.220 e. The molecule has 1 aliphatic heterocycles. The average molecular weight is 276 g/mol. The molecular formula is C14H14ClN3O. The van der Waals surface area contributed by atoms with Gasteiger partial charge in [-0.15, -0.1) is 0 Å². The summed E-state index contributed by atoms with van der Waals surface area (Å²) in [4.78, 5) is 8.62. The summed E-state index contributed by atoms with van der Waals surface area (Å²) in [7, 11) is 0. The van der Waals surface area contributed by atoms with Crippen molar-refractivity contribution in [3.8, 4) is 5.88 Å².